The van der Waals surface area contributed by atoms with Crippen LogP contribution in [0.3, 0.4) is 0 Å². The van der Waals surface area contributed by atoms with E-state index in [0.717, 1.165) is 10.8 Å². The second kappa shape index (κ2) is 7.36. The number of hydrazone groups is 1. The van der Waals surface area contributed by atoms with Crippen molar-refractivity contribution in [3.05, 3.63) is 76.3 Å². The predicted octanol–water partition coefficient (Wildman–Crippen LogP) is 3.04. The molecule has 0 radical (unpaired) electrons. The fourth-order valence-corrected chi connectivity index (χ4v) is 2.89. The molecule has 28 heavy (non-hydrogen) atoms. The lowest BCUT2D eigenvalue weighted by molar-refractivity contribution is -0.385. The molecule has 0 spiro atoms. The number of benzene rings is 3. The van der Waals surface area contributed by atoms with Gasteiger partial charge in [0.1, 0.15) is 6.61 Å². The summed E-state index contributed by atoms with van der Waals surface area (Å²) in [5, 5.41) is 16.8. The van der Waals surface area contributed by atoms with E-state index in [0.29, 0.717) is 11.5 Å². The fourth-order valence-electron chi connectivity index (χ4n) is 2.89. The van der Waals surface area contributed by atoms with E-state index in [1.165, 1.54) is 18.3 Å². The number of amides is 1. The fraction of sp³-hybridized carbons (Fsp3) is 0.100. The maximum atomic E-state index is 12.3. The third kappa shape index (κ3) is 3.48. The summed E-state index contributed by atoms with van der Waals surface area (Å²) in [6, 6.07) is 17.6. The lowest BCUT2D eigenvalue weighted by atomic mass is 10.1. The van der Waals surface area contributed by atoms with E-state index < -0.39 is 16.9 Å². The van der Waals surface area contributed by atoms with Gasteiger partial charge >= 0.3 is 0 Å². The molecule has 1 aliphatic rings. The summed E-state index contributed by atoms with van der Waals surface area (Å²) in [5.41, 5.74) is 2.52. The van der Waals surface area contributed by atoms with Gasteiger partial charge < -0.3 is 9.47 Å². The van der Waals surface area contributed by atoms with Crippen molar-refractivity contribution in [2.45, 2.75) is 6.10 Å². The van der Waals surface area contributed by atoms with Crippen LogP contribution in [-0.4, -0.2) is 29.8 Å². The Morgan fingerprint density at radius 1 is 1.11 bits per heavy atom. The molecule has 1 N–H and O–H groups in total. The van der Waals surface area contributed by atoms with Crippen LogP contribution >= 0.6 is 0 Å². The number of carbonyl (C=O) groups excluding carboxylic acids is 1. The summed E-state index contributed by atoms with van der Waals surface area (Å²) >= 11 is 0. The van der Waals surface area contributed by atoms with Gasteiger partial charge in [0.25, 0.3) is 11.6 Å². The van der Waals surface area contributed by atoms with Gasteiger partial charge in [0.15, 0.2) is 11.5 Å². The molecule has 0 fully saturated rings. The standard InChI is InChI=1S/C20H15N3O5/c24-20(22-21-11-15-7-3-4-8-16(15)23(25)26)19-12-27-17-9-13-5-1-2-6-14(13)10-18(17)28-19/h1-11,19H,12H2,(H,22,24)/t19-/m1/s1. The second-order valence-electron chi connectivity index (χ2n) is 6.11. The third-order valence-electron chi connectivity index (χ3n) is 4.28. The van der Waals surface area contributed by atoms with Crippen molar-refractivity contribution in [1.82, 2.24) is 5.43 Å². The minimum atomic E-state index is -0.878. The van der Waals surface area contributed by atoms with Gasteiger partial charge in [0.2, 0.25) is 6.10 Å². The summed E-state index contributed by atoms with van der Waals surface area (Å²) in [4.78, 5) is 22.8. The van der Waals surface area contributed by atoms with Gasteiger partial charge in [-0.05, 0) is 29.0 Å². The van der Waals surface area contributed by atoms with Gasteiger partial charge in [-0.25, -0.2) is 5.43 Å². The zero-order valence-electron chi connectivity index (χ0n) is 14.6. The second-order valence-corrected chi connectivity index (χ2v) is 6.11. The average molecular weight is 377 g/mol. The lowest BCUT2D eigenvalue weighted by Crippen LogP contribution is -2.42. The first kappa shape index (κ1) is 17.5. The zero-order valence-corrected chi connectivity index (χ0v) is 14.6. The van der Waals surface area contributed by atoms with Crippen molar-refractivity contribution in [3.8, 4) is 11.5 Å². The number of carbonyl (C=O) groups is 1. The monoisotopic (exact) mass is 377 g/mol. The third-order valence-corrected chi connectivity index (χ3v) is 4.28. The lowest BCUT2D eigenvalue weighted by Gasteiger charge is -2.25. The maximum absolute atomic E-state index is 12.3. The van der Waals surface area contributed by atoms with Crippen LogP contribution in [0.5, 0.6) is 11.5 Å². The van der Waals surface area contributed by atoms with Crippen molar-refractivity contribution >= 4 is 28.6 Å². The smallest absolute Gasteiger partial charge is 0.284 e. The molecule has 1 aliphatic heterocycles. The number of nitrogens with one attached hydrogen (secondary N) is 1. The molecule has 140 valence electrons. The topological polar surface area (TPSA) is 103 Å². The highest BCUT2D eigenvalue weighted by Crippen LogP contribution is 2.35. The Kier molecular flexibility index (Phi) is 4.59. The quantitative estimate of drug-likeness (QED) is 0.428. The molecule has 0 saturated carbocycles. The van der Waals surface area contributed by atoms with E-state index in [4.69, 9.17) is 9.47 Å². The van der Waals surface area contributed by atoms with Crippen LogP contribution in [-0.2, 0) is 4.79 Å². The highest BCUT2D eigenvalue weighted by atomic mass is 16.6. The summed E-state index contributed by atoms with van der Waals surface area (Å²) < 4.78 is 11.4. The largest absolute Gasteiger partial charge is 0.485 e. The molecular weight excluding hydrogens is 362 g/mol. The average Bonchev–Trinajstić information content (AvgIpc) is 2.72. The normalized spacial score (nSPS) is 15.5. The van der Waals surface area contributed by atoms with Crippen molar-refractivity contribution in [3.63, 3.8) is 0 Å². The molecular formula is C20H15N3O5. The summed E-state index contributed by atoms with van der Waals surface area (Å²) in [6.07, 6.45) is 0.345. The number of fused-ring (bicyclic) bond motifs is 2. The SMILES string of the molecule is O=C(NN=Cc1ccccc1[N+](=O)[O-])[C@H]1COc2cc3ccccc3cc2O1. The Hall–Kier alpha value is -3.94. The molecule has 0 unspecified atom stereocenters. The van der Waals surface area contributed by atoms with E-state index in [2.05, 4.69) is 10.5 Å². The number of nitro benzene ring substituents is 1. The number of ether oxygens (including phenoxy) is 2. The highest BCUT2D eigenvalue weighted by Gasteiger charge is 2.27. The number of nitrogens with zero attached hydrogens (tertiary/aromatic N) is 2. The molecule has 1 heterocycles. The van der Waals surface area contributed by atoms with Crippen molar-refractivity contribution in [2.24, 2.45) is 5.10 Å². The zero-order chi connectivity index (χ0) is 19.5. The molecule has 3 aromatic rings. The van der Waals surface area contributed by atoms with Crippen LogP contribution in [0, 0.1) is 10.1 Å². The predicted molar refractivity (Wildman–Crippen MR) is 103 cm³/mol. The first-order valence-corrected chi connectivity index (χ1v) is 8.50. The number of para-hydroxylation sites is 1. The molecule has 0 aromatic heterocycles. The first-order valence-electron chi connectivity index (χ1n) is 8.50. The minimum Gasteiger partial charge on any atom is -0.485 e. The minimum absolute atomic E-state index is 0.0399. The Labute approximate surface area is 159 Å². The summed E-state index contributed by atoms with van der Waals surface area (Å²) in [5.74, 6) is 0.549. The summed E-state index contributed by atoms with van der Waals surface area (Å²) in [6.45, 7) is 0.0399. The molecule has 0 saturated heterocycles. The van der Waals surface area contributed by atoms with Crippen molar-refractivity contribution < 1.29 is 19.2 Å². The molecule has 1 amide bonds. The molecule has 8 nitrogen and oxygen atoms in total. The first-order chi connectivity index (χ1) is 13.6. The van der Waals surface area contributed by atoms with Crippen LogP contribution in [0.4, 0.5) is 5.69 Å². The van der Waals surface area contributed by atoms with E-state index >= 15 is 0 Å². The van der Waals surface area contributed by atoms with Crippen LogP contribution in [0.25, 0.3) is 10.8 Å². The van der Waals surface area contributed by atoms with Crippen LogP contribution in [0.1, 0.15) is 5.56 Å². The van der Waals surface area contributed by atoms with Crippen molar-refractivity contribution in [2.75, 3.05) is 6.61 Å². The summed E-state index contributed by atoms with van der Waals surface area (Å²) in [7, 11) is 0. The van der Waals surface area contributed by atoms with E-state index in [1.54, 1.807) is 12.1 Å². The molecule has 8 heteroatoms. The van der Waals surface area contributed by atoms with Gasteiger partial charge in [-0.1, -0.05) is 36.4 Å². The maximum Gasteiger partial charge on any atom is 0.284 e. The number of rotatable bonds is 4. The van der Waals surface area contributed by atoms with Crippen LogP contribution in [0.15, 0.2) is 65.8 Å². The molecule has 0 bridgehead atoms. The number of nitro groups is 1. The Morgan fingerprint density at radius 3 is 2.54 bits per heavy atom. The van der Waals surface area contributed by atoms with Gasteiger partial charge in [-0.15, -0.1) is 0 Å². The Bertz CT molecular complexity index is 1100. The number of hydrogen-bond donors (Lipinski definition) is 1. The molecule has 4 rings (SSSR count). The van der Waals surface area contributed by atoms with Crippen LogP contribution in [0.2, 0.25) is 0 Å². The molecule has 0 aliphatic carbocycles. The van der Waals surface area contributed by atoms with Gasteiger partial charge in [-0.3, -0.25) is 14.9 Å². The van der Waals surface area contributed by atoms with Crippen molar-refractivity contribution in [1.29, 1.82) is 0 Å². The van der Waals surface area contributed by atoms with E-state index in [1.807, 2.05) is 36.4 Å². The highest BCUT2D eigenvalue weighted by molar-refractivity contribution is 5.89. The molecule has 3 aromatic carbocycles. The molecule has 1 atom stereocenters. The van der Waals surface area contributed by atoms with Gasteiger partial charge in [0.05, 0.1) is 16.7 Å². The Balaban J connectivity index is 1.45. The van der Waals surface area contributed by atoms with E-state index in [9.17, 15) is 14.9 Å². The van der Waals surface area contributed by atoms with Gasteiger partial charge in [-0.2, -0.15) is 5.10 Å². The van der Waals surface area contributed by atoms with E-state index in [-0.39, 0.29) is 17.9 Å². The number of hydrogen-bond acceptors (Lipinski definition) is 6. The van der Waals surface area contributed by atoms with Gasteiger partial charge in [0, 0.05) is 6.07 Å². The Morgan fingerprint density at radius 2 is 1.79 bits per heavy atom. The van der Waals surface area contributed by atoms with Crippen LogP contribution < -0.4 is 14.9 Å².